The van der Waals surface area contributed by atoms with Crippen molar-refractivity contribution in [2.45, 2.75) is 32.4 Å². The molecule has 1 fully saturated rings. The average Bonchev–Trinajstić information content (AvgIpc) is 2.48. The lowest BCUT2D eigenvalue weighted by atomic mass is 10.1. The molecule has 1 N–H and O–H groups in total. The highest BCUT2D eigenvalue weighted by Crippen LogP contribution is 2.16. The predicted octanol–water partition coefficient (Wildman–Crippen LogP) is 2.45. The van der Waals surface area contributed by atoms with E-state index in [9.17, 15) is 0 Å². The van der Waals surface area contributed by atoms with Gasteiger partial charge in [0, 0.05) is 25.7 Å². The maximum Gasteiger partial charge on any atom is 0.0700 e. The van der Waals surface area contributed by atoms with Crippen LogP contribution >= 0.6 is 0 Å². The molecule has 19 heavy (non-hydrogen) atoms. The van der Waals surface area contributed by atoms with Crippen molar-refractivity contribution in [3.05, 3.63) is 35.9 Å². The molecular formula is C16H26N2O. The Labute approximate surface area is 116 Å². The van der Waals surface area contributed by atoms with Gasteiger partial charge in [-0.1, -0.05) is 44.2 Å². The fourth-order valence-corrected chi connectivity index (χ4v) is 2.67. The summed E-state index contributed by atoms with van der Waals surface area (Å²) in [5.74, 6) is 0. The van der Waals surface area contributed by atoms with Crippen LogP contribution in [0.1, 0.15) is 31.9 Å². The van der Waals surface area contributed by atoms with Gasteiger partial charge in [-0.3, -0.25) is 4.90 Å². The van der Waals surface area contributed by atoms with Gasteiger partial charge in [-0.2, -0.15) is 0 Å². The Kier molecular flexibility index (Phi) is 5.83. The minimum absolute atomic E-state index is 0.409. The van der Waals surface area contributed by atoms with Crippen LogP contribution in [0.2, 0.25) is 0 Å². The third-order valence-electron chi connectivity index (χ3n) is 3.77. The fourth-order valence-electron chi connectivity index (χ4n) is 2.67. The molecule has 3 heteroatoms. The van der Waals surface area contributed by atoms with Gasteiger partial charge in [0.1, 0.15) is 0 Å². The van der Waals surface area contributed by atoms with Crippen LogP contribution in [-0.2, 0) is 4.74 Å². The van der Waals surface area contributed by atoms with E-state index in [0.717, 1.165) is 39.2 Å². The Morgan fingerprint density at radius 2 is 2.11 bits per heavy atom. The molecule has 0 bridgehead atoms. The van der Waals surface area contributed by atoms with E-state index in [1.54, 1.807) is 0 Å². The molecule has 2 atom stereocenters. The van der Waals surface area contributed by atoms with Crippen LogP contribution in [0.25, 0.3) is 0 Å². The molecule has 3 nitrogen and oxygen atoms in total. The lowest BCUT2D eigenvalue weighted by Gasteiger charge is -2.35. The summed E-state index contributed by atoms with van der Waals surface area (Å²) in [6.07, 6.45) is 1.51. The Morgan fingerprint density at radius 3 is 2.79 bits per heavy atom. The van der Waals surface area contributed by atoms with E-state index in [4.69, 9.17) is 4.74 Å². The van der Waals surface area contributed by atoms with E-state index in [1.165, 1.54) is 5.56 Å². The van der Waals surface area contributed by atoms with Crippen LogP contribution in [0.15, 0.2) is 30.3 Å². The molecule has 1 heterocycles. The molecule has 1 aromatic carbocycles. The van der Waals surface area contributed by atoms with Gasteiger partial charge in [-0.15, -0.1) is 0 Å². The first kappa shape index (κ1) is 14.5. The van der Waals surface area contributed by atoms with Crippen LogP contribution in [0.5, 0.6) is 0 Å². The SMILES string of the molecule is CCNC(CN1CCOC(CC)C1)c1ccccc1. The smallest absolute Gasteiger partial charge is 0.0700 e. The number of nitrogens with zero attached hydrogens (tertiary/aromatic N) is 1. The van der Waals surface area contributed by atoms with Crippen LogP contribution in [-0.4, -0.2) is 43.8 Å². The molecule has 2 rings (SSSR count). The number of hydrogen-bond acceptors (Lipinski definition) is 3. The summed E-state index contributed by atoms with van der Waals surface area (Å²) in [5, 5.41) is 3.60. The largest absolute Gasteiger partial charge is 0.376 e. The molecule has 0 radical (unpaired) electrons. The second-order valence-corrected chi connectivity index (χ2v) is 5.18. The summed E-state index contributed by atoms with van der Waals surface area (Å²) in [4.78, 5) is 2.53. The summed E-state index contributed by atoms with van der Waals surface area (Å²) >= 11 is 0. The molecule has 1 aliphatic rings. The van der Waals surface area contributed by atoms with Gasteiger partial charge >= 0.3 is 0 Å². The monoisotopic (exact) mass is 262 g/mol. The summed E-state index contributed by atoms with van der Waals surface area (Å²) in [6.45, 7) is 9.42. The number of benzene rings is 1. The van der Waals surface area contributed by atoms with E-state index in [1.807, 2.05) is 0 Å². The number of hydrogen-bond donors (Lipinski definition) is 1. The first-order valence-electron chi connectivity index (χ1n) is 7.45. The molecule has 0 amide bonds. The molecule has 1 aromatic rings. The zero-order valence-electron chi connectivity index (χ0n) is 12.1. The molecule has 0 saturated carbocycles. The summed E-state index contributed by atoms with van der Waals surface area (Å²) in [5.41, 5.74) is 1.38. The van der Waals surface area contributed by atoms with Gasteiger partial charge in [0.15, 0.2) is 0 Å². The first-order chi connectivity index (χ1) is 9.33. The Hall–Kier alpha value is -0.900. The van der Waals surface area contributed by atoms with Gasteiger partial charge in [0.2, 0.25) is 0 Å². The molecule has 0 aromatic heterocycles. The maximum absolute atomic E-state index is 5.74. The van der Waals surface area contributed by atoms with E-state index >= 15 is 0 Å². The van der Waals surface area contributed by atoms with Crippen molar-refractivity contribution in [3.8, 4) is 0 Å². The van der Waals surface area contributed by atoms with Crippen LogP contribution in [0.4, 0.5) is 0 Å². The highest BCUT2D eigenvalue weighted by Gasteiger charge is 2.22. The minimum atomic E-state index is 0.409. The third kappa shape index (κ3) is 4.30. The lowest BCUT2D eigenvalue weighted by molar-refractivity contribution is -0.0322. The molecule has 2 unspecified atom stereocenters. The Morgan fingerprint density at radius 1 is 1.32 bits per heavy atom. The number of nitrogens with one attached hydrogen (secondary N) is 1. The maximum atomic E-state index is 5.74. The highest BCUT2D eigenvalue weighted by atomic mass is 16.5. The molecular weight excluding hydrogens is 236 g/mol. The van der Waals surface area contributed by atoms with Gasteiger partial charge in [-0.05, 0) is 18.5 Å². The van der Waals surface area contributed by atoms with Crippen molar-refractivity contribution in [1.29, 1.82) is 0 Å². The van der Waals surface area contributed by atoms with Gasteiger partial charge in [-0.25, -0.2) is 0 Å². The predicted molar refractivity (Wildman–Crippen MR) is 79.3 cm³/mol. The van der Waals surface area contributed by atoms with E-state index < -0.39 is 0 Å². The second-order valence-electron chi connectivity index (χ2n) is 5.18. The van der Waals surface area contributed by atoms with Crippen molar-refractivity contribution >= 4 is 0 Å². The minimum Gasteiger partial charge on any atom is -0.376 e. The number of ether oxygens (including phenoxy) is 1. The quantitative estimate of drug-likeness (QED) is 0.852. The molecule has 106 valence electrons. The van der Waals surface area contributed by atoms with Crippen molar-refractivity contribution in [1.82, 2.24) is 10.2 Å². The fraction of sp³-hybridized carbons (Fsp3) is 0.625. The van der Waals surface area contributed by atoms with Crippen molar-refractivity contribution in [2.75, 3.05) is 32.8 Å². The molecule has 0 aliphatic carbocycles. The highest BCUT2D eigenvalue weighted by molar-refractivity contribution is 5.19. The summed E-state index contributed by atoms with van der Waals surface area (Å²) in [7, 11) is 0. The van der Waals surface area contributed by atoms with E-state index in [-0.39, 0.29) is 0 Å². The standard InChI is InChI=1S/C16H26N2O/c1-3-15-12-18(10-11-19-15)13-16(17-4-2)14-8-6-5-7-9-14/h5-9,15-17H,3-4,10-13H2,1-2H3. The summed E-state index contributed by atoms with van der Waals surface area (Å²) in [6, 6.07) is 11.2. The lowest BCUT2D eigenvalue weighted by Crippen LogP contribution is -2.45. The number of morpholine rings is 1. The van der Waals surface area contributed by atoms with E-state index in [2.05, 4.69) is 54.4 Å². The summed E-state index contributed by atoms with van der Waals surface area (Å²) < 4.78 is 5.74. The zero-order chi connectivity index (χ0) is 13.5. The first-order valence-corrected chi connectivity index (χ1v) is 7.45. The molecule has 0 spiro atoms. The van der Waals surface area contributed by atoms with Crippen molar-refractivity contribution in [2.24, 2.45) is 0 Å². The van der Waals surface area contributed by atoms with Gasteiger partial charge in [0.05, 0.1) is 12.7 Å². The van der Waals surface area contributed by atoms with E-state index in [0.29, 0.717) is 12.1 Å². The average molecular weight is 262 g/mol. The topological polar surface area (TPSA) is 24.5 Å². The molecule has 1 aliphatic heterocycles. The van der Waals surface area contributed by atoms with Gasteiger partial charge in [0.25, 0.3) is 0 Å². The normalized spacial score (nSPS) is 22.3. The van der Waals surface area contributed by atoms with Crippen LogP contribution < -0.4 is 5.32 Å². The second kappa shape index (κ2) is 7.63. The third-order valence-corrected chi connectivity index (χ3v) is 3.77. The van der Waals surface area contributed by atoms with Gasteiger partial charge < -0.3 is 10.1 Å². The van der Waals surface area contributed by atoms with Crippen molar-refractivity contribution in [3.63, 3.8) is 0 Å². The van der Waals surface area contributed by atoms with Crippen molar-refractivity contribution < 1.29 is 4.74 Å². The Bertz CT molecular complexity index is 355. The number of likely N-dealkylation sites (N-methyl/N-ethyl adjacent to an activating group) is 1. The van der Waals surface area contributed by atoms with Crippen LogP contribution in [0.3, 0.4) is 0 Å². The van der Waals surface area contributed by atoms with Crippen LogP contribution in [0, 0.1) is 0 Å². The zero-order valence-corrected chi connectivity index (χ0v) is 12.1. The number of rotatable bonds is 6. The Balaban J connectivity index is 1.96. The molecule has 1 saturated heterocycles.